The summed E-state index contributed by atoms with van der Waals surface area (Å²) in [5.74, 6) is 0. The van der Waals surface area contributed by atoms with Crippen LogP contribution in [0.2, 0.25) is 0 Å². The molecule has 0 atom stereocenters. The quantitative estimate of drug-likeness (QED) is 0.801. The average Bonchev–Trinajstić information content (AvgIpc) is 2.24. The molecule has 0 bridgehead atoms. The molecule has 0 unspecified atom stereocenters. The number of fused-ring (bicyclic) bond motifs is 1. The molecule has 0 amide bonds. The van der Waals surface area contributed by atoms with Gasteiger partial charge in [-0.2, -0.15) is 16.8 Å². The molecule has 2 aromatic carbocycles. The van der Waals surface area contributed by atoms with Crippen molar-refractivity contribution in [2.75, 3.05) is 0 Å². The van der Waals surface area contributed by atoms with E-state index in [1.54, 1.807) is 0 Å². The van der Waals surface area contributed by atoms with Crippen LogP contribution in [0.15, 0.2) is 40.1 Å². The summed E-state index contributed by atoms with van der Waals surface area (Å²) in [5, 5.41) is -0.0403. The van der Waals surface area contributed by atoms with E-state index >= 15 is 0 Å². The summed E-state index contributed by atoms with van der Waals surface area (Å²) in [4.78, 5) is -1.28. The minimum Gasteiger partial charge on any atom is -0.282 e. The summed E-state index contributed by atoms with van der Waals surface area (Å²) in [5.41, 5.74) is 0. The fourth-order valence-corrected chi connectivity index (χ4v) is 3.12. The van der Waals surface area contributed by atoms with Crippen LogP contribution in [0, 0.1) is 6.07 Å². The average molecular weight is 287 g/mol. The van der Waals surface area contributed by atoms with Gasteiger partial charge in [-0.05, 0) is 11.5 Å². The molecule has 0 saturated heterocycles. The van der Waals surface area contributed by atoms with E-state index in [1.165, 1.54) is 24.3 Å². The molecular formula is C10H7O6S2. The van der Waals surface area contributed by atoms with Gasteiger partial charge >= 0.3 is 0 Å². The van der Waals surface area contributed by atoms with Gasteiger partial charge in [0.25, 0.3) is 20.2 Å². The van der Waals surface area contributed by atoms with Crippen molar-refractivity contribution in [3.8, 4) is 0 Å². The summed E-state index contributed by atoms with van der Waals surface area (Å²) in [7, 11) is -9.25. The van der Waals surface area contributed by atoms with Gasteiger partial charge in [-0.3, -0.25) is 9.11 Å². The van der Waals surface area contributed by atoms with Crippen molar-refractivity contribution < 1.29 is 25.9 Å². The first-order valence-corrected chi connectivity index (χ1v) is 7.47. The maximum atomic E-state index is 11.2. The normalized spacial score (nSPS) is 12.8. The Balaban J connectivity index is 3.09. The molecule has 0 fully saturated rings. The molecule has 18 heavy (non-hydrogen) atoms. The second-order valence-corrected chi connectivity index (χ2v) is 6.23. The van der Waals surface area contributed by atoms with Gasteiger partial charge in [0.2, 0.25) is 0 Å². The van der Waals surface area contributed by atoms with E-state index in [0.29, 0.717) is 0 Å². The zero-order valence-electron chi connectivity index (χ0n) is 8.73. The molecule has 2 N–H and O–H groups in total. The van der Waals surface area contributed by atoms with E-state index in [9.17, 15) is 16.8 Å². The molecule has 0 aliphatic rings. The van der Waals surface area contributed by atoms with Crippen LogP contribution in [0.25, 0.3) is 10.8 Å². The first-order chi connectivity index (χ1) is 8.21. The Labute approximate surface area is 103 Å². The molecule has 95 valence electrons. The van der Waals surface area contributed by atoms with Crippen LogP contribution in [-0.2, 0) is 20.2 Å². The van der Waals surface area contributed by atoms with Gasteiger partial charge in [0, 0.05) is 11.5 Å². The summed E-state index contributed by atoms with van der Waals surface area (Å²) in [6.45, 7) is 0. The minimum atomic E-state index is -4.64. The van der Waals surface area contributed by atoms with Crippen molar-refractivity contribution in [3.63, 3.8) is 0 Å². The highest BCUT2D eigenvalue weighted by Gasteiger charge is 2.21. The largest absolute Gasteiger partial charge is 0.295 e. The van der Waals surface area contributed by atoms with Gasteiger partial charge < -0.3 is 0 Å². The number of rotatable bonds is 2. The van der Waals surface area contributed by atoms with Crippen LogP contribution in [0.4, 0.5) is 0 Å². The zero-order valence-corrected chi connectivity index (χ0v) is 10.4. The summed E-state index contributed by atoms with van der Waals surface area (Å²) >= 11 is 0. The Morgan fingerprint density at radius 1 is 0.944 bits per heavy atom. The maximum Gasteiger partial charge on any atom is 0.295 e. The van der Waals surface area contributed by atoms with Crippen LogP contribution in [-0.4, -0.2) is 25.9 Å². The molecule has 0 heterocycles. The van der Waals surface area contributed by atoms with Crippen LogP contribution in [0.5, 0.6) is 0 Å². The van der Waals surface area contributed by atoms with Gasteiger partial charge in [0.05, 0.1) is 0 Å². The van der Waals surface area contributed by atoms with E-state index in [0.717, 1.165) is 6.07 Å². The predicted octanol–water partition coefficient (Wildman–Crippen LogP) is 1.13. The van der Waals surface area contributed by atoms with Gasteiger partial charge in [0.15, 0.2) is 0 Å². The topological polar surface area (TPSA) is 109 Å². The lowest BCUT2D eigenvalue weighted by atomic mass is 10.1. The molecule has 2 rings (SSSR count). The smallest absolute Gasteiger partial charge is 0.282 e. The maximum absolute atomic E-state index is 11.2. The second kappa shape index (κ2) is 4.02. The van der Waals surface area contributed by atoms with E-state index in [-0.39, 0.29) is 10.8 Å². The first-order valence-electron chi connectivity index (χ1n) is 4.59. The standard InChI is InChI=1S/C10H7O6S2/c11-17(12,13)8-5-1-3-7-4-2-6-9(10(7)8)18(14,15)16/h1-5H,(H,11,12,13)(H,14,15,16). The molecule has 0 aromatic heterocycles. The molecule has 2 aromatic rings. The lowest BCUT2D eigenvalue weighted by Crippen LogP contribution is -2.04. The lowest BCUT2D eigenvalue weighted by molar-refractivity contribution is 0.483. The summed E-state index contributed by atoms with van der Waals surface area (Å²) < 4.78 is 62.8. The molecule has 0 aliphatic carbocycles. The molecule has 0 aliphatic heterocycles. The number of hydrogen-bond donors (Lipinski definition) is 2. The molecule has 0 saturated carbocycles. The van der Waals surface area contributed by atoms with Crippen LogP contribution in [0.1, 0.15) is 0 Å². The van der Waals surface area contributed by atoms with Gasteiger partial charge in [-0.1, -0.05) is 24.3 Å². The fraction of sp³-hybridized carbons (Fsp3) is 0. The highest BCUT2D eigenvalue weighted by atomic mass is 32.2. The van der Waals surface area contributed by atoms with Crippen LogP contribution >= 0.6 is 0 Å². The van der Waals surface area contributed by atoms with Crippen molar-refractivity contribution in [1.82, 2.24) is 0 Å². The highest BCUT2D eigenvalue weighted by Crippen LogP contribution is 2.28. The van der Waals surface area contributed by atoms with Crippen molar-refractivity contribution in [3.05, 3.63) is 36.4 Å². The van der Waals surface area contributed by atoms with Crippen molar-refractivity contribution in [2.24, 2.45) is 0 Å². The molecule has 8 heteroatoms. The fourth-order valence-electron chi connectivity index (χ4n) is 1.63. The SMILES string of the molecule is O=S(=O)(O)c1[c]ccc2cccc(S(=O)(=O)O)c12. The molecule has 6 nitrogen and oxygen atoms in total. The third-order valence-electron chi connectivity index (χ3n) is 2.30. The summed E-state index contributed by atoms with van der Waals surface area (Å²) in [6.07, 6.45) is 0. The van der Waals surface area contributed by atoms with E-state index < -0.39 is 30.0 Å². The second-order valence-electron chi connectivity index (χ2n) is 3.48. The Morgan fingerprint density at radius 2 is 1.61 bits per heavy atom. The van der Waals surface area contributed by atoms with Crippen LogP contribution < -0.4 is 0 Å². The van der Waals surface area contributed by atoms with Crippen molar-refractivity contribution >= 4 is 31.0 Å². The van der Waals surface area contributed by atoms with E-state index in [1.807, 2.05) is 0 Å². The third kappa shape index (κ3) is 2.23. The monoisotopic (exact) mass is 287 g/mol. The number of hydrogen-bond acceptors (Lipinski definition) is 4. The lowest BCUT2D eigenvalue weighted by Gasteiger charge is -2.07. The Hall–Kier alpha value is -1.48. The van der Waals surface area contributed by atoms with Gasteiger partial charge in [0.1, 0.15) is 9.79 Å². The van der Waals surface area contributed by atoms with E-state index in [2.05, 4.69) is 6.07 Å². The minimum absolute atomic E-state index is 0.247. The molecule has 1 radical (unpaired) electrons. The highest BCUT2D eigenvalue weighted by molar-refractivity contribution is 7.87. The molecular weight excluding hydrogens is 280 g/mol. The molecule has 0 spiro atoms. The Kier molecular flexibility index (Phi) is 2.90. The number of benzene rings is 2. The van der Waals surface area contributed by atoms with Gasteiger partial charge in [-0.15, -0.1) is 0 Å². The van der Waals surface area contributed by atoms with Crippen molar-refractivity contribution in [2.45, 2.75) is 9.79 Å². The third-order valence-corrected chi connectivity index (χ3v) is 4.03. The van der Waals surface area contributed by atoms with Crippen LogP contribution in [0.3, 0.4) is 0 Å². The first kappa shape index (κ1) is 13.0. The predicted molar refractivity (Wildman–Crippen MR) is 62.4 cm³/mol. The van der Waals surface area contributed by atoms with E-state index in [4.69, 9.17) is 9.11 Å². The van der Waals surface area contributed by atoms with Gasteiger partial charge in [-0.25, -0.2) is 0 Å². The zero-order chi connectivity index (χ0) is 13.6. The van der Waals surface area contributed by atoms with Crippen molar-refractivity contribution in [1.29, 1.82) is 0 Å². The summed E-state index contributed by atoms with van der Waals surface area (Å²) in [6, 6.07) is 8.74. The Bertz CT molecular complexity index is 754. The Morgan fingerprint density at radius 3 is 2.17 bits per heavy atom.